The summed E-state index contributed by atoms with van der Waals surface area (Å²) in [7, 11) is 6.46. The second-order valence-electron chi connectivity index (χ2n) is 5.78. The highest BCUT2D eigenvalue weighted by molar-refractivity contribution is 4.92. The first kappa shape index (κ1) is 13.0. The molecule has 0 saturated heterocycles. The highest BCUT2D eigenvalue weighted by atomic mass is 15.2. The van der Waals surface area contributed by atoms with E-state index in [0.29, 0.717) is 6.04 Å². The van der Waals surface area contributed by atoms with Crippen LogP contribution in [-0.4, -0.2) is 37.6 Å². The van der Waals surface area contributed by atoms with E-state index >= 15 is 0 Å². The SMILES string of the molecule is CNC(CC1CCCC1)C(C)(C)N(C)C. The van der Waals surface area contributed by atoms with Crippen molar-refractivity contribution in [1.29, 1.82) is 0 Å². The number of nitrogens with zero attached hydrogens (tertiary/aromatic N) is 1. The Kier molecular flexibility index (Phi) is 4.60. The van der Waals surface area contributed by atoms with E-state index in [9.17, 15) is 0 Å². The maximum Gasteiger partial charge on any atom is 0.0300 e. The van der Waals surface area contributed by atoms with Crippen molar-refractivity contribution in [3.8, 4) is 0 Å². The Labute approximate surface area is 95.4 Å². The zero-order valence-corrected chi connectivity index (χ0v) is 11.1. The molecule has 1 unspecified atom stereocenters. The minimum Gasteiger partial charge on any atom is -0.315 e. The van der Waals surface area contributed by atoms with Gasteiger partial charge in [0.15, 0.2) is 0 Å². The third-order valence-electron chi connectivity index (χ3n) is 4.40. The van der Waals surface area contributed by atoms with Crippen molar-refractivity contribution in [3.63, 3.8) is 0 Å². The molecule has 0 aromatic carbocycles. The zero-order valence-electron chi connectivity index (χ0n) is 11.1. The molecule has 1 saturated carbocycles. The Morgan fingerprint density at radius 3 is 2.20 bits per heavy atom. The minimum atomic E-state index is 0.247. The van der Waals surface area contributed by atoms with Crippen LogP contribution in [-0.2, 0) is 0 Å². The summed E-state index contributed by atoms with van der Waals surface area (Å²) in [5.41, 5.74) is 0.247. The number of hydrogen-bond donors (Lipinski definition) is 1. The molecule has 1 rings (SSSR count). The first-order valence-corrected chi connectivity index (χ1v) is 6.33. The molecule has 90 valence electrons. The summed E-state index contributed by atoms with van der Waals surface area (Å²) < 4.78 is 0. The van der Waals surface area contributed by atoms with Gasteiger partial charge in [0.25, 0.3) is 0 Å². The Morgan fingerprint density at radius 2 is 1.80 bits per heavy atom. The summed E-state index contributed by atoms with van der Waals surface area (Å²) in [6.45, 7) is 4.67. The lowest BCUT2D eigenvalue weighted by atomic mass is 9.85. The molecule has 1 fully saturated rings. The van der Waals surface area contributed by atoms with E-state index < -0.39 is 0 Å². The van der Waals surface area contributed by atoms with Gasteiger partial charge in [-0.2, -0.15) is 0 Å². The van der Waals surface area contributed by atoms with E-state index in [0.717, 1.165) is 5.92 Å². The van der Waals surface area contributed by atoms with Gasteiger partial charge in [-0.3, -0.25) is 0 Å². The van der Waals surface area contributed by atoms with Gasteiger partial charge in [0.2, 0.25) is 0 Å². The second kappa shape index (κ2) is 5.31. The summed E-state index contributed by atoms with van der Waals surface area (Å²) in [5.74, 6) is 0.960. The fraction of sp³-hybridized carbons (Fsp3) is 1.00. The lowest BCUT2D eigenvalue weighted by Gasteiger charge is -2.41. The molecule has 2 heteroatoms. The molecule has 1 aliphatic carbocycles. The van der Waals surface area contributed by atoms with Crippen molar-refractivity contribution < 1.29 is 0 Å². The molecule has 0 radical (unpaired) electrons. The smallest absolute Gasteiger partial charge is 0.0300 e. The normalized spacial score (nSPS) is 21.2. The van der Waals surface area contributed by atoms with Gasteiger partial charge in [-0.15, -0.1) is 0 Å². The van der Waals surface area contributed by atoms with E-state index in [1.165, 1.54) is 32.1 Å². The first-order chi connectivity index (χ1) is 6.98. The van der Waals surface area contributed by atoms with Gasteiger partial charge in [0.1, 0.15) is 0 Å². The molecule has 0 aromatic rings. The molecule has 15 heavy (non-hydrogen) atoms. The molecule has 1 aliphatic rings. The highest BCUT2D eigenvalue weighted by Gasteiger charge is 2.32. The molecule has 1 N–H and O–H groups in total. The second-order valence-corrected chi connectivity index (χ2v) is 5.78. The summed E-state index contributed by atoms with van der Waals surface area (Å²) in [6, 6.07) is 0.607. The molecule has 0 spiro atoms. The monoisotopic (exact) mass is 212 g/mol. The van der Waals surface area contributed by atoms with Gasteiger partial charge in [-0.1, -0.05) is 25.7 Å². The Balaban J connectivity index is 2.53. The molecular formula is C13H28N2. The van der Waals surface area contributed by atoms with Crippen molar-refractivity contribution in [2.45, 2.75) is 57.5 Å². The van der Waals surface area contributed by atoms with Crippen LogP contribution in [0.2, 0.25) is 0 Å². The molecular weight excluding hydrogens is 184 g/mol. The van der Waals surface area contributed by atoms with Crippen molar-refractivity contribution in [3.05, 3.63) is 0 Å². The number of hydrogen-bond acceptors (Lipinski definition) is 2. The fourth-order valence-corrected chi connectivity index (χ4v) is 2.65. The Bertz CT molecular complexity index is 181. The molecule has 0 heterocycles. The topological polar surface area (TPSA) is 15.3 Å². The van der Waals surface area contributed by atoms with Gasteiger partial charge in [0, 0.05) is 11.6 Å². The molecule has 1 atom stereocenters. The van der Waals surface area contributed by atoms with Crippen molar-refractivity contribution in [2.75, 3.05) is 21.1 Å². The molecule has 0 aromatic heterocycles. The molecule has 2 nitrogen and oxygen atoms in total. The third-order valence-corrected chi connectivity index (χ3v) is 4.40. The summed E-state index contributed by atoms with van der Waals surface area (Å²) in [6.07, 6.45) is 7.12. The van der Waals surface area contributed by atoms with Crippen molar-refractivity contribution >= 4 is 0 Å². The first-order valence-electron chi connectivity index (χ1n) is 6.33. The minimum absolute atomic E-state index is 0.247. The summed E-state index contributed by atoms with van der Waals surface area (Å²) in [5, 5.41) is 3.51. The van der Waals surface area contributed by atoms with Gasteiger partial charge in [-0.25, -0.2) is 0 Å². The van der Waals surface area contributed by atoms with E-state index in [-0.39, 0.29) is 5.54 Å². The maximum atomic E-state index is 3.51. The predicted octanol–water partition coefficient (Wildman–Crippen LogP) is 2.49. The van der Waals surface area contributed by atoms with E-state index in [1.54, 1.807) is 0 Å². The van der Waals surface area contributed by atoms with Crippen LogP contribution in [0.15, 0.2) is 0 Å². The predicted molar refractivity (Wildman–Crippen MR) is 67.2 cm³/mol. The van der Waals surface area contributed by atoms with Crippen molar-refractivity contribution in [2.24, 2.45) is 5.92 Å². The van der Waals surface area contributed by atoms with E-state index in [2.05, 4.69) is 45.2 Å². The van der Waals surface area contributed by atoms with Crippen LogP contribution in [0.5, 0.6) is 0 Å². The van der Waals surface area contributed by atoms with Gasteiger partial charge < -0.3 is 10.2 Å². The summed E-state index contributed by atoms with van der Waals surface area (Å²) >= 11 is 0. The quantitative estimate of drug-likeness (QED) is 0.753. The third kappa shape index (κ3) is 3.18. The fourth-order valence-electron chi connectivity index (χ4n) is 2.65. The average Bonchev–Trinajstić information content (AvgIpc) is 2.65. The van der Waals surface area contributed by atoms with Gasteiger partial charge in [0.05, 0.1) is 0 Å². The lowest BCUT2D eigenvalue weighted by molar-refractivity contribution is 0.126. The van der Waals surface area contributed by atoms with E-state index in [4.69, 9.17) is 0 Å². The Hall–Kier alpha value is -0.0800. The molecule has 0 bridgehead atoms. The van der Waals surface area contributed by atoms with Crippen LogP contribution in [0.3, 0.4) is 0 Å². The largest absolute Gasteiger partial charge is 0.315 e. The van der Waals surface area contributed by atoms with Crippen LogP contribution in [0.25, 0.3) is 0 Å². The van der Waals surface area contributed by atoms with E-state index in [1.807, 2.05) is 0 Å². The zero-order chi connectivity index (χ0) is 11.5. The van der Waals surface area contributed by atoms with Crippen LogP contribution in [0, 0.1) is 5.92 Å². The number of likely N-dealkylation sites (N-methyl/N-ethyl adjacent to an activating group) is 2. The van der Waals surface area contributed by atoms with Gasteiger partial charge in [-0.05, 0) is 47.3 Å². The molecule has 0 aliphatic heterocycles. The number of nitrogens with one attached hydrogen (secondary N) is 1. The maximum absolute atomic E-state index is 3.51. The van der Waals surface area contributed by atoms with Crippen LogP contribution in [0.1, 0.15) is 46.0 Å². The highest BCUT2D eigenvalue weighted by Crippen LogP contribution is 2.31. The average molecular weight is 212 g/mol. The van der Waals surface area contributed by atoms with Crippen LogP contribution in [0.4, 0.5) is 0 Å². The Morgan fingerprint density at radius 1 is 1.27 bits per heavy atom. The van der Waals surface area contributed by atoms with Crippen molar-refractivity contribution in [1.82, 2.24) is 10.2 Å². The molecule has 0 amide bonds. The number of rotatable bonds is 5. The summed E-state index contributed by atoms with van der Waals surface area (Å²) in [4.78, 5) is 2.34. The van der Waals surface area contributed by atoms with Crippen LogP contribution >= 0.6 is 0 Å². The standard InChI is InChI=1S/C13H28N2/c1-13(2,15(4)5)12(14-3)10-11-8-6-7-9-11/h11-12,14H,6-10H2,1-5H3. The van der Waals surface area contributed by atoms with Crippen LogP contribution < -0.4 is 5.32 Å². The lowest BCUT2D eigenvalue weighted by Crippen LogP contribution is -2.54. The van der Waals surface area contributed by atoms with Gasteiger partial charge >= 0.3 is 0 Å².